The predicted octanol–water partition coefficient (Wildman–Crippen LogP) is 3.21. The molecule has 1 aliphatic rings. The van der Waals surface area contributed by atoms with Crippen LogP contribution in [0, 0.1) is 0 Å². The van der Waals surface area contributed by atoms with Crippen LogP contribution in [0.2, 0.25) is 5.02 Å². The number of rotatable bonds is 4. The highest BCUT2D eigenvalue weighted by Crippen LogP contribution is 2.35. The van der Waals surface area contributed by atoms with Crippen molar-refractivity contribution in [3.8, 4) is 0 Å². The Hall–Kier alpha value is -0.980. The zero-order valence-electron chi connectivity index (χ0n) is 11.6. The second kappa shape index (κ2) is 6.85. The van der Waals surface area contributed by atoms with Gasteiger partial charge in [-0.2, -0.15) is 13.2 Å². The van der Waals surface area contributed by atoms with E-state index in [1.807, 2.05) is 4.90 Å². The van der Waals surface area contributed by atoms with Gasteiger partial charge in [0.2, 0.25) is 0 Å². The van der Waals surface area contributed by atoms with Crippen molar-refractivity contribution in [2.24, 2.45) is 0 Å². The maximum Gasteiger partial charge on any atom is 0.389 e. The van der Waals surface area contributed by atoms with Crippen LogP contribution in [0.5, 0.6) is 0 Å². The molecular formula is C14H19ClF3N3. The third-order valence-electron chi connectivity index (χ3n) is 3.70. The zero-order valence-corrected chi connectivity index (χ0v) is 12.3. The first kappa shape index (κ1) is 16.4. The Kier molecular flexibility index (Phi) is 5.35. The van der Waals surface area contributed by atoms with E-state index in [1.165, 1.54) is 0 Å². The normalized spacial score (nSPS) is 18.7. The highest BCUT2D eigenvalue weighted by molar-refractivity contribution is 6.30. The highest BCUT2D eigenvalue weighted by Gasteiger charge is 2.32. The van der Waals surface area contributed by atoms with Gasteiger partial charge in [0.1, 0.15) is 0 Å². The molecule has 1 atom stereocenters. The molecule has 1 aliphatic heterocycles. The SMILES string of the molecule is Nc1ccc(Cl)cc1[C@H](CCC(F)(F)F)N1CCNCC1. The van der Waals surface area contributed by atoms with Gasteiger partial charge in [-0.25, -0.2) is 0 Å². The summed E-state index contributed by atoms with van der Waals surface area (Å²) in [4.78, 5) is 2.05. The lowest BCUT2D eigenvalue weighted by atomic mass is 9.97. The Morgan fingerprint density at radius 2 is 1.95 bits per heavy atom. The number of piperazine rings is 1. The largest absolute Gasteiger partial charge is 0.398 e. The second-order valence-electron chi connectivity index (χ2n) is 5.23. The summed E-state index contributed by atoms with van der Waals surface area (Å²) in [5.41, 5.74) is 7.13. The van der Waals surface area contributed by atoms with Crippen LogP contribution in [0.4, 0.5) is 18.9 Å². The van der Waals surface area contributed by atoms with E-state index >= 15 is 0 Å². The van der Waals surface area contributed by atoms with E-state index in [4.69, 9.17) is 17.3 Å². The fourth-order valence-corrected chi connectivity index (χ4v) is 2.84. The van der Waals surface area contributed by atoms with E-state index in [2.05, 4.69) is 5.32 Å². The van der Waals surface area contributed by atoms with Crippen LogP contribution < -0.4 is 11.1 Å². The Morgan fingerprint density at radius 3 is 2.57 bits per heavy atom. The molecule has 0 aliphatic carbocycles. The molecule has 1 heterocycles. The minimum atomic E-state index is -4.17. The van der Waals surface area contributed by atoms with Crippen LogP contribution in [-0.4, -0.2) is 37.3 Å². The van der Waals surface area contributed by atoms with Gasteiger partial charge in [-0.3, -0.25) is 4.90 Å². The Bertz CT molecular complexity index is 473. The van der Waals surface area contributed by atoms with E-state index in [0.29, 0.717) is 29.4 Å². The number of benzene rings is 1. The van der Waals surface area contributed by atoms with Crippen LogP contribution in [0.1, 0.15) is 24.4 Å². The Labute approximate surface area is 127 Å². The lowest BCUT2D eigenvalue weighted by Gasteiger charge is -2.36. The Balaban J connectivity index is 2.23. The maximum absolute atomic E-state index is 12.6. The molecule has 21 heavy (non-hydrogen) atoms. The van der Waals surface area contributed by atoms with E-state index in [9.17, 15) is 13.2 Å². The molecule has 3 nitrogen and oxygen atoms in total. The van der Waals surface area contributed by atoms with E-state index in [0.717, 1.165) is 13.1 Å². The lowest BCUT2D eigenvalue weighted by molar-refractivity contribution is -0.138. The Morgan fingerprint density at radius 1 is 1.29 bits per heavy atom. The van der Waals surface area contributed by atoms with E-state index in [-0.39, 0.29) is 12.5 Å². The quantitative estimate of drug-likeness (QED) is 0.837. The maximum atomic E-state index is 12.6. The molecule has 118 valence electrons. The molecule has 1 aromatic rings. The number of nitrogen functional groups attached to an aromatic ring is 1. The van der Waals surface area contributed by atoms with Gasteiger partial charge in [0.25, 0.3) is 0 Å². The number of halogens is 4. The van der Waals surface area contributed by atoms with Crippen molar-refractivity contribution < 1.29 is 13.2 Å². The summed E-state index contributed by atoms with van der Waals surface area (Å²) in [6, 6.07) is 4.63. The third kappa shape index (κ3) is 4.76. The van der Waals surface area contributed by atoms with Gasteiger partial charge in [0, 0.05) is 49.4 Å². The number of hydrogen-bond acceptors (Lipinski definition) is 3. The second-order valence-corrected chi connectivity index (χ2v) is 5.67. The van der Waals surface area contributed by atoms with E-state index < -0.39 is 12.6 Å². The van der Waals surface area contributed by atoms with Gasteiger partial charge in [-0.15, -0.1) is 0 Å². The first-order valence-electron chi connectivity index (χ1n) is 6.93. The summed E-state index contributed by atoms with van der Waals surface area (Å²) in [6.07, 6.45) is -5.00. The van der Waals surface area contributed by atoms with Crippen molar-refractivity contribution in [1.29, 1.82) is 0 Å². The number of hydrogen-bond donors (Lipinski definition) is 2. The fraction of sp³-hybridized carbons (Fsp3) is 0.571. The molecule has 0 radical (unpaired) electrons. The molecule has 0 unspecified atom stereocenters. The summed E-state index contributed by atoms with van der Waals surface area (Å²) in [5, 5.41) is 3.69. The van der Waals surface area contributed by atoms with Crippen molar-refractivity contribution in [3.05, 3.63) is 28.8 Å². The molecule has 0 aromatic heterocycles. The molecule has 7 heteroatoms. The van der Waals surface area contributed by atoms with Gasteiger partial charge >= 0.3 is 6.18 Å². The summed E-state index contributed by atoms with van der Waals surface area (Å²) >= 11 is 5.98. The van der Waals surface area contributed by atoms with E-state index in [1.54, 1.807) is 18.2 Å². The first-order valence-corrected chi connectivity index (χ1v) is 7.31. The molecule has 1 saturated heterocycles. The molecule has 0 bridgehead atoms. The number of anilines is 1. The van der Waals surface area contributed by atoms with Crippen molar-refractivity contribution in [2.45, 2.75) is 25.1 Å². The third-order valence-corrected chi connectivity index (χ3v) is 3.94. The molecule has 0 spiro atoms. The smallest absolute Gasteiger partial charge is 0.389 e. The van der Waals surface area contributed by atoms with Crippen molar-refractivity contribution in [2.75, 3.05) is 31.9 Å². The first-order chi connectivity index (χ1) is 9.87. The predicted molar refractivity (Wildman–Crippen MR) is 78.3 cm³/mol. The number of nitrogens with one attached hydrogen (secondary N) is 1. The summed E-state index contributed by atoms with van der Waals surface area (Å²) in [5.74, 6) is 0. The molecule has 3 N–H and O–H groups in total. The van der Waals surface area contributed by atoms with Crippen LogP contribution in [0.3, 0.4) is 0 Å². The van der Waals surface area contributed by atoms with Crippen LogP contribution >= 0.6 is 11.6 Å². The van der Waals surface area contributed by atoms with Crippen LogP contribution in [0.25, 0.3) is 0 Å². The molecule has 1 fully saturated rings. The van der Waals surface area contributed by atoms with Gasteiger partial charge in [-0.1, -0.05) is 11.6 Å². The minimum absolute atomic E-state index is 0.00591. The van der Waals surface area contributed by atoms with Gasteiger partial charge in [0.15, 0.2) is 0 Å². The molecular weight excluding hydrogens is 303 g/mol. The molecule has 0 saturated carbocycles. The minimum Gasteiger partial charge on any atom is -0.398 e. The number of nitrogens with zero attached hydrogens (tertiary/aromatic N) is 1. The average Bonchev–Trinajstić information content (AvgIpc) is 2.43. The van der Waals surface area contributed by atoms with Gasteiger partial charge in [0.05, 0.1) is 0 Å². The number of nitrogens with two attached hydrogens (primary N) is 1. The average molecular weight is 322 g/mol. The summed E-state index contributed by atoms with van der Waals surface area (Å²) < 4.78 is 37.8. The fourth-order valence-electron chi connectivity index (χ4n) is 2.66. The standard InChI is InChI=1S/C14H19ClF3N3/c15-10-1-2-12(19)11(9-10)13(3-4-14(16,17)18)21-7-5-20-6-8-21/h1-2,9,13,20H,3-8,19H2/t13-/m0/s1. The van der Waals surface area contributed by atoms with Crippen molar-refractivity contribution in [1.82, 2.24) is 10.2 Å². The monoisotopic (exact) mass is 321 g/mol. The van der Waals surface area contributed by atoms with Crippen molar-refractivity contribution >= 4 is 17.3 Å². The molecule has 1 aromatic carbocycles. The lowest BCUT2D eigenvalue weighted by Crippen LogP contribution is -2.45. The number of alkyl halides is 3. The van der Waals surface area contributed by atoms with Crippen LogP contribution in [-0.2, 0) is 0 Å². The molecule has 2 rings (SSSR count). The van der Waals surface area contributed by atoms with Gasteiger partial charge in [-0.05, 0) is 30.2 Å². The van der Waals surface area contributed by atoms with Gasteiger partial charge < -0.3 is 11.1 Å². The van der Waals surface area contributed by atoms with Crippen LogP contribution in [0.15, 0.2) is 18.2 Å². The van der Waals surface area contributed by atoms with Crippen molar-refractivity contribution in [3.63, 3.8) is 0 Å². The summed E-state index contributed by atoms with van der Waals surface area (Å²) in [7, 11) is 0. The topological polar surface area (TPSA) is 41.3 Å². The summed E-state index contributed by atoms with van der Waals surface area (Å²) in [6.45, 7) is 2.94. The zero-order chi connectivity index (χ0) is 15.5. The highest BCUT2D eigenvalue weighted by atomic mass is 35.5. The molecule has 0 amide bonds.